The fourth-order valence-corrected chi connectivity index (χ4v) is 2.69. The van der Waals surface area contributed by atoms with Gasteiger partial charge in [-0.25, -0.2) is 4.98 Å². The van der Waals surface area contributed by atoms with Gasteiger partial charge in [-0.15, -0.1) is 0 Å². The number of carbonyl (C=O) groups is 1. The number of hydrogen-bond donors (Lipinski definition) is 2. The Bertz CT molecular complexity index is 612. The molecule has 1 aliphatic carbocycles. The summed E-state index contributed by atoms with van der Waals surface area (Å²) in [5, 5.41) is 13.5. The van der Waals surface area contributed by atoms with Crippen LogP contribution in [0.2, 0.25) is 0 Å². The molecule has 0 saturated heterocycles. The van der Waals surface area contributed by atoms with Crippen molar-refractivity contribution in [1.29, 1.82) is 0 Å². The summed E-state index contributed by atoms with van der Waals surface area (Å²) < 4.78 is 0. The number of aromatic nitrogens is 1. The van der Waals surface area contributed by atoms with Gasteiger partial charge >= 0.3 is 5.97 Å². The quantitative estimate of drug-likeness (QED) is 0.886. The number of carboxylic acids is 1. The fourth-order valence-electron chi connectivity index (χ4n) is 2.69. The Morgan fingerprint density at radius 1 is 1.21 bits per heavy atom. The van der Waals surface area contributed by atoms with Crippen molar-refractivity contribution in [1.82, 2.24) is 4.98 Å². The smallest absolute Gasteiger partial charge is 0.306 e. The van der Waals surface area contributed by atoms with E-state index in [9.17, 15) is 4.79 Å². The molecule has 2 atom stereocenters. The third-order valence-electron chi connectivity index (χ3n) is 3.73. The van der Waals surface area contributed by atoms with E-state index in [1.807, 2.05) is 36.4 Å². The number of anilines is 1. The molecule has 0 amide bonds. The largest absolute Gasteiger partial charge is 0.481 e. The van der Waals surface area contributed by atoms with Crippen molar-refractivity contribution >= 4 is 22.7 Å². The van der Waals surface area contributed by atoms with E-state index in [-0.39, 0.29) is 12.0 Å². The molecule has 19 heavy (non-hydrogen) atoms. The molecule has 1 aromatic carbocycles. The van der Waals surface area contributed by atoms with Crippen molar-refractivity contribution in [2.75, 3.05) is 5.32 Å². The first kappa shape index (κ1) is 12.0. The zero-order valence-electron chi connectivity index (χ0n) is 10.5. The molecule has 0 radical (unpaired) electrons. The Morgan fingerprint density at radius 3 is 2.84 bits per heavy atom. The van der Waals surface area contributed by atoms with E-state index in [1.54, 1.807) is 0 Å². The highest BCUT2D eigenvalue weighted by atomic mass is 16.4. The molecule has 4 heteroatoms. The Balaban J connectivity index is 1.73. The number of pyridine rings is 1. The van der Waals surface area contributed by atoms with Gasteiger partial charge in [-0.1, -0.05) is 18.2 Å². The topological polar surface area (TPSA) is 62.2 Å². The number of hydrogen-bond acceptors (Lipinski definition) is 3. The van der Waals surface area contributed by atoms with Crippen LogP contribution in [0.4, 0.5) is 5.82 Å². The number of aliphatic carboxylic acids is 1. The molecule has 1 saturated carbocycles. The van der Waals surface area contributed by atoms with Crippen molar-refractivity contribution in [3.05, 3.63) is 36.4 Å². The van der Waals surface area contributed by atoms with Gasteiger partial charge in [0.1, 0.15) is 5.82 Å². The van der Waals surface area contributed by atoms with E-state index in [0.29, 0.717) is 6.42 Å². The van der Waals surface area contributed by atoms with Gasteiger partial charge in [0.2, 0.25) is 0 Å². The van der Waals surface area contributed by atoms with Crippen LogP contribution in [0.5, 0.6) is 0 Å². The number of para-hydroxylation sites is 1. The van der Waals surface area contributed by atoms with Gasteiger partial charge < -0.3 is 10.4 Å². The molecule has 98 valence electrons. The lowest BCUT2D eigenvalue weighted by atomic mass is 10.1. The van der Waals surface area contributed by atoms with Gasteiger partial charge in [0.25, 0.3) is 0 Å². The Hall–Kier alpha value is -2.10. The first-order chi connectivity index (χ1) is 9.22. The Morgan fingerprint density at radius 2 is 2.05 bits per heavy atom. The molecular weight excluding hydrogens is 240 g/mol. The summed E-state index contributed by atoms with van der Waals surface area (Å²) in [5.41, 5.74) is 0.959. The lowest BCUT2D eigenvalue weighted by Gasteiger charge is -2.13. The van der Waals surface area contributed by atoms with Crippen LogP contribution < -0.4 is 5.32 Å². The summed E-state index contributed by atoms with van der Waals surface area (Å²) in [6.07, 6.45) is 2.33. The van der Waals surface area contributed by atoms with E-state index >= 15 is 0 Å². The predicted octanol–water partition coefficient (Wildman–Crippen LogP) is 2.90. The van der Waals surface area contributed by atoms with E-state index in [0.717, 1.165) is 29.6 Å². The van der Waals surface area contributed by atoms with Crippen LogP contribution in [0.25, 0.3) is 10.9 Å². The van der Waals surface area contributed by atoms with Gasteiger partial charge in [-0.2, -0.15) is 0 Å². The van der Waals surface area contributed by atoms with Gasteiger partial charge in [0.15, 0.2) is 0 Å². The van der Waals surface area contributed by atoms with Gasteiger partial charge in [-0.3, -0.25) is 4.79 Å². The van der Waals surface area contributed by atoms with E-state index in [2.05, 4.69) is 10.3 Å². The maximum atomic E-state index is 10.9. The molecule has 0 aliphatic heterocycles. The molecule has 1 aromatic heterocycles. The van der Waals surface area contributed by atoms with Crippen molar-refractivity contribution < 1.29 is 9.90 Å². The number of rotatable bonds is 3. The molecule has 4 nitrogen and oxygen atoms in total. The van der Waals surface area contributed by atoms with Crippen molar-refractivity contribution in [2.45, 2.75) is 25.3 Å². The minimum Gasteiger partial charge on any atom is -0.481 e. The average Bonchev–Trinajstić information content (AvgIpc) is 2.87. The Kier molecular flexibility index (Phi) is 3.07. The summed E-state index contributed by atoms with van der Waals surface area (Å²) in [5.74, 6) is -0.0662. The second-order valence-corrected chi connectivity index (χ2v) is 5.08. The molecule has 1 heterocycles. The molecule has 0 bridgehead atoms. The van der Waals surface area contributed by atoms with Crippen molar-refractivity contribution in [3.8, 4) is 0 Å². The third kappa shape index (κ3) is 2.52. The van der Waals surface area contributed by atoms with Crippen LogP contribution in [-0.2, 0) is 4.79 Å². The minimum absolute atomic E-state index is 0.210. The molecule has 3 rings (SSSR count). The van der Waals surface area contributed by atoms with Crippen LogP contribution >= 0.6 is 0 Å². The highest BCUT2D eigenvalue weighted by Gasteiger charge is 2.29. The van der Waals surface area contributed by atoms with E-state index < -0.39 is 5.97 Å². The summed E-state index contributed by atoms with van der Waals surface area (Å²) in [4.78, 5) is 15.5. The van der Waals surface area contributed by atoms with Crippen LogP contribution in [0.15, 0.2) is 36.4 Å². The standard InChI is InChI=1S/C15H16N2O2/c18-15(19)11-5-7-12(9-11)16-14-8-6-10-3-1-2-4-13(10)17-14/h1-4,6,8,11-12H,5,7,9H2,(H,16,17)(H,18,19). The average molecular weight is 256 g/mol. The molecule has 0 spiro atoms. The molecule has 1 aliphatic rings. The van der Waals surface area contributed by atoms with Gasteiger partial charge in [0.05, 0.1) is 11.4 Å². The number of fused-ring (bicyclic) bond motifs is 1. The highest BCUT2D eigenvalue weighted by Crippen LogP contribution is 2.28. The number of nitrogens with one attached hydrogen (secondary N) is 1. The molecule has 2 N–H and O–H groups in total. The molecular formula is C15H16N2O2. The summed E-state index contributed by atoms with van der Waals surface area (Å²) in [6.45, 7) is 0. The SMILES string of the molecule is O=C(O)C1CCC(Nc2ccc3ccccc3n2)C1. The maximum absolute atomic E-state index is 10.9. The first-order valence-corrected chi connectivity index (χ1v) is 6.57. The normalized spacial score (nSPS) is 22.5. The van der Waals surface area contributed by atoms with Crippen LogP contribution in [-0.4, -0.2) is 22.1 Å². The number of nitrogens with zero attached hydrogens (tertiary/aromatic N) is 1. The van der Waals surface area contributed by atoms with Gasteiger partial charge in [-0.05, 0) is 37.5 Å². The zero-order chi connectivity index (χ0) is 13.2. The van der Waals surface area contributed by atoms with E-state index in [1.165, 1.54) is 0 Å². The lowest BCUT2D eigenvalue weighted by Crippen LogP contribution is -2.18. The van der Waals surface area contributed by atoms with Crippen LogP contribution in [0.1, 0.15) is 19.3 Å². The van der Waals surface area contributed by atoms with Crippen molar-refractivity contribution in [2.24, 2.45) is 5.92 Å². The monoisotopic (exact) mass is 256 g/mol. The van der Waals surface area contributed by atoms with Gasteiger partial charge in [0, 0.05) is 11.4 Å². The fraction of sp³-hybridized carbons (Fsp3) is 0.333. The zero-order valence-corrected chi connectivity index (χ0v) is 10.5. The third-order valence-corrected chi connectivity index (χ3v) is 3.73. The minimum atomic E-state index is -0.684. The molecule has 1 fully saturated rings. The highest BCUT2D eigenvalue weighted by molar-refractivity contribution is 5.80. The molecule has 2 aromatic rings. The van der Waals surface area contributed by atoms with Crippen LogP contribution in [0.3, 0.4) is 0 Å². The first-order valence-electron chi connectivity index (χ1n) is 6.57. The summed E-state index contributed by atoms with van der Waals surface area (Å²) in [7, 11) is 0. The number of benzene rings is 1. The second-order valence-electron chi connectivity index (χ2n) is 5.08. The summed E-state index contributed by atoms with van der Waals surface area (Å²) >= 11 is 0. The van der Waals surface area contributed by atoms with Crippen LogP contribution in [0, 0.1) is 5.92 Å². The Labute approximate surface area is 111 Å². The van der Waals surface area contributed by atoms with Crippen molar-refractivity contribution in [3.63, 3.8) is 0 Å². The maximum Gasteiger partial charge on any atom is 0.306 e. The summed E-state index contributed by atoms with van der Waals surface area (Å²) in [6, 6.07) is 12.2. The second kappa shape index (κ2) is 4.88. The molecule has 2 unspecified atom stereocenters. The van der Waals surface area contributed by atoms with E-state index in [4.69, 9.17) is 5.11 Å². The lowest BCUT2D eigenvalue weighted by molar-refractivity contribution is -0.141. The number of carboxylic acid groups (broad SMARTS) is 1. The predicted molar refractivity (Wildman–Crippen MR) is 74.1 cm³/mol.